The van der Waals surface area contributed by atoms with Gasteiger partial charge in [-0.05, 0) is 20.0 Å². The number of hydrogen-bond donors (Lipinski definition) is 1. The van der Waals surface area contributed by atoms with Crippen LogP contribution in [0.1, 0.15) is 12.5 Å². The van der Waals surface area contributed by atoms with Crippen molar-refractivity contribution in [3.05, 3.63) is 29.8 Å². The average Bonchev–Trinajstić information content (AvgIpc) is 2.38. The van der Waals surface area contributed by atoms with E-state index >= 15 is 0 Å². The largest absolute Gasteiger partial charge is 0.434 e. The molecule has 1 rings (SSSR count). The van der Waals surface area contributed by atoms with E-state index in [4.69, 9.17) is 0 Å². The Morgan fingerprint density at radius 3 is 2.63 bits per heavy atom. The number of carbonyl (C=O) groups excluding carboxylic acids is 1. The predicted molar refractivity (Wildman–Crippen MR) is 68.1 cm³/mol. The van der Waals surface area contributed by atoms with Crippen LogP contribution in [-0.4, -0.2) is 37.6 Å². The SMILES string of the molecule is CNC(=O)[C@H](C)N(C)Cc1ccccc1OC(F)F. The lowest BCUT2D eigenvalue weighted by Crippen LogP contribution is -2.41. The highest BCUT2D eigenvalue weighted by molar-refractivity contribution is 5.80. The van der Waals surface area contributed by atoms with Crippen LogP contribution in [0.25, 0.3) is 0 Å². The molecule has 0 saturated carbocycles. The number of hydrogen-bond acceptors (Lipinski definition) is 3. The first kappa shape index (κ1) is 15.4. The van der Waals surface area contributed by atoms with E-state index in [0.717, 1.165) is 0 Å². The molecular weight excluding hydrogens is 254 g/mol. The minimum atomic E-state index is -2.86. The molecule has 1 aromatic carbocycles. The van der Waals surface area contributed by atoms with Crippen molar-refractivity contribution in [2.75, 3.05) is 14.1 Å². The van der Waals surface area contributed by atoms with Gasteiger partial charge in [-0.2, -0.15) is 8.78 Å². The first-order valence-electron chi connectivity index (χ1n) is 5.90. The van der Waals surface area contributed by atoms with Gasteiger partial charge in [0.1, 0.15) is 5.75 Å². The summed E-state index contributed by atoms with van der Waals surface area (Å²) in [5.41, 5.74) is 0.612. The smallest absolute Gasteiger partial charge is 0.387 e. The molecule has 19 heavy (non-hydrogen) atoms. The number of ether oxygens (including phenoxy) is 1. The molecule has 106 valence electrons. The third-order valence-corrected chi connectivity index (χ3v) is 2.90. The molecule has 0 radical (unpaired) electrons. The van der Waals surface area contributed by atoms with Crippen LogP contribution < -0.4 is 10.1 Å². The second-order valence-corrected chi connectivity index (χ2v) is 4.19. The van der Waals surface area contributed by atoms with Crippen molar-refractivity contribution in [1.82, 2.24) is 10.2 Å². The van der Waals surface area contributed by atoms with Crippen molar-refractivity contribution >= 4 is 5.91 Å². The number of para-hydroxylation sites is 1. The van der Waals surface area contributed by atoms with Crippen molar-refractivity contribution < 1.29 is 18.3 Å². The molecule has 0 fully saturated rings. The minimum Gasteiger partial charge on any atom is -0.434 e. The summed E-state index contributed by atoms with van der Waals surface area (Å²) in [6, 6.07) is 6.20. The third kappa shape index (κ3) is 4.48. The Balaban J connectivity index is 2.78. The molecule has 6 heteroatoms. The number of nitrogens with zero attached hydrogens (tertiary/aromatic N) is 1. The van der Waals surface area contributed by atoms with Crippen LogP contribution >= 0.6 is 0 Å². The number of halogens is 2. The number of benzene rings is 1. The first-order chi connectivity index (χ1) is 8.95. The molecule has 1 atom stereocenters. The lowest BCUT2D eigenvalue weighted by Gasteiger charge is -2.24. The zero-order valence-electron chi connectivity index (χ0n) is 11.2. The van der Waals surface area contributed by atoms with Gasteiger partial charge in [0, 0.05) is 19.2 Å². The quantitative estimate of drug-likeness (QED) is 0.859. The summed E-state index contributed by atoms with van der Waals surface area (Å²) in [5.74, 6) is 0.00298. The van der Waals surface area contributed by atoms with Crippen molar-refractivity contribution in [1.29, 1.82) is 0 Å². The zero-order valence-corrected chi connectivity index (χ0v) is 11.2. The summed E-state index contributed by atoms with van der Waals surface area (Å²) in [6.07, 6.45) is 0. The number of nitrogens with one attached hydrogen (secondary N) is 1. The highest BCUT2D eigenvalue weighted by Gasteiger charge is 2.18. The monoisotopic (exact) mass is 272 g/mol. The Labute approximate surface area is 111 Å². The van der Waals surface area contributed by atoms with Crippen molar-refractivity contribution in [2.24, 2.45) is 0 Å². The molecule has 4 nitrogen and oxygen atoms in total. The van der Waals surface area contributed by atoms with Crippen LogP contribution in [0, 0.1) is 0 Å². The van der Waals surface area contributed by atoms with Gasteiger partial charge in [0.25, 0.3) is 0 Å². The van der Waals surface area contributed by atoms with Crippen molar-refractivity contribution in [2.45, 2.75) is 26.1 Å². The van der Waals surface area contributed by atoms with Crippen LogP contribution in [0.3, 0.4) is 0 Å². The van der Waals surface area contributed by atoms with E-state index in [1.54, 1.807) is 44.1 Å². The van der Waals surface area contributed by atoms with Crippen LogP contribution in [0.15, 0.2) is 24.3 Å². The van der Waals surface area contributed by atoms with E-state index < -0.39 is 6.61 Å². The van der Waals surface area contributed by atoms with E-state index in [2.05, 4.69) is 10.1 Å². The number of likely N-dealkylation sites (N-methyl/N-ethyl adjacent to an activating group) is 2. The molecular formula is C13H18F2N2O2. The predicted octanol–water partition coefficient (Wildman–Crippen LogP) is 1.85. The molecule has 0 heterocycles. The normalized spacial score (nSPS) is 12.6. The third-order valence-electron chi connectivity index (χ3n) is 2.90. The maximum atomic E-state index is 12.3. The van der Waals surface area contributed by atoms with Gasteiger partial charge in [-0.3, -0.25) is 9.69 Å². The topological polar surface area (TPSA) is 41.6 Å². The van der Waals surface area contributed by atoms with E-state index in [1.165, 1.54) is 6.07 Å². The van der Waals surface area contributed by atoms with Gasteiger partial charge in [-0.1, -0.05) is 18.2 Å². The Hall–Kier alpha value is -1.69. The molecule has 0 aromatic heterocycles. The molecule has 0 unspecified atom stereocenters. The van der Waals surface area contributed by atoms with Gasteiger partial charge in [0.05, 0.1) is 6.04 Å². The maximum Gasteiger partial charge on any atom is 0.387 e. The van der Waals surface area contributed by atoms with Crippen molar-refractivity contribution in [3.63, 3.8) is 0 Å². The first-order valence-corrected chi connectivity index (χ1v) is 5.90. The number of carbonyl (C=O) groups is 1. The summed E-state index contributed by atoms with van der Waals surface area (Å²) in [6.45, 7) is -0.768. The number of alkyl halides is 2. The Bertz CT molecular complexity index is 427. The molecule has 0 bridgehead atoms. The summed E-state index contributed by atoms with van der Waals surface area (Å²) in [4.78, 5) is 13.3. The molecule has 0 aliphatic carbocycles. The minimum absolute atomic E-state index is 0.130. The van der Waals surface area contributed by atoms with Gasteiger partial charge >= 0.3 is 6.61 Å². The molecule has 1 aromatic rings. The molecule has 1 amide bonds. The lowest BCUT2D eigenvalue weighted by molar-refractivity contribution is -0.125. The molecule has 1 N–H and O–H groups in total. The van der Waals surface area contributed by atoms with Gasteiger partial charge in [-0.15, -0.1) is 0 Å². The Morgan fingerprint density at radius 2 is 2.05 bits per heavy atom. The molecule has 0 aliphatic heterocycles. The fourth-order valence-corrected chi connectivity index (χ4v) is 1.66. The number of rotatable bonds is 6. The summed E-state index contributed by atoms with van der Waals surface area (Å²) in [7, 11) is 3.31. The van der Waals surface area contributed by atoms with E-state index in [0.29, 0.717) is 12.1 Å². The van der Waals surface area contributed by atoms with Gasteiger partial charge < -0.3 is 10.1 Å². The molecule has 0 saturated heterocycles. The Kier molecular flexibility index (Phi) is 5.69. The average molecular weight is 272 g/mol. The summed E-state index contributed by atoms with van der Waals surface area (Å²) >= 11 is 0. The summed E-state index contributed by atoms with van der Waals surface area (Å²) in [5, 5.41) is 2.55. The second kappa shape index (κ2) is 7.04. The standard InChI is InChI=1S/C13H18F2N2O2/c1-9(12(18)16-2)17(3)8-10-6-4-5-7-11(10)19-13(14)15/h4-7,9,13H,8H2,1-3H3,(H,16,18)/t9-/m0/s1. The van der Waals surface area contributed by atoms with Crippen LogP contribution in [0.2, 0.25) is 0 Å². The van der Waals surface area contributed by atoms with Crippen LogP contribution in [-0.2, 0) is 11.3 Å². The second-order valence-electron chi connectivity index (χ2n) is 4.19. The fraction of sp³-hybridized carbons (Fsp3) is 0.462. The van der Waals surface area contributed by atoms with Crippen LogP contribution in [0.5, 0.6) is 5.75 Å². The van der Waals surface area contributed by atoms with Gasteiger partial charge in [0.15, 0.2) is 0 Å². The summed E-state index contributed by atoms with van der Waals surface area (Å²) < 4.78 is 29.0. The Morgan fingerprint density at radius 1 is 1.42 bits per heavy atom. The van der Waals surface area contributed by atoms with Crippen molar-refractivity contribution in [3.8, 4) is 5.75 Å². The lowest BCUT2D eigenvalue weighted by atomic mass is 10.1. The van der Waals surface area contributed by atoms with Gasteiger partial charge in [-0.25, -0.2) is 0 Å². The highest BCUT2D eigenvalue weighted by atomic mass is 19.3. The van der Waals surface area contributed by atoms with E-state index in [1.807, 2.05) is 0 Å². The highest BCUT2D eigenvalue weighted by Crippen LogP contribution is 2.22. The fourth-order valence-electron chi connectivity index (χ4n) is 1.66. The van der Waals surface area contributed by atoms with Crippen LogP contribution in [0.4, 0.5) is 8.78 Å². The van der Waals surface area contributed by atoms with E-state index in [9.17, 15) is 13.6 Å². The zero-order chi connectivity index (χ0) is 14.4. The van der Waals surface area contributed by atoms with Gasteiger partial charge in [0.2, 0.25) is 5.91 Å². The van der Waals surface area contributed by atoms with E-state index in [-0.39, 0.29) is 17.7 Å². The maximum absolute atomic E-state index is 12.3. The molecule has 0 aliphatic rings. The molecule has 0 spiro atoms. The number of amides is 1.